The molecule has 1 amide bonds. The molecule has 0 bridgehead atoms. The highest BCUT2D eigenvalue weighted by molar-refractivity contribution is 6.00. The van der Waals surface area contributed by atoms with Crippen molar-refractivity contribution in [3.8, 4) is 0 Å². The first kappa shape index (κ1) is 15.9. The van der Waals surface area contributed by atoms with Crippen LogP contribution in [0.1, 0.15) is 23.7 Å². The maximum absolute atomic E-state index is 12.4. The summed E-state index contributed by atoms with van der Waals surface area (Å²) in [5, 5.41) is 22.7. The van der Waals surface area contributed by atoms with Gasteiger partial charge in [0.25, 0.3) is 5.91 Å². The zero-order chi connectivity index (χ0) is 15.1. The third-order valence-electron chi connectivity index (χ3n) is 2.97. The van der Waals surface area contributed by atoms with Crippen molar-refractivity contribution in [2.75, 3.05) is 32.1 Å². The van der Waals surface area contributed by atoms with Crippen LogP contribution in [0, 0.1) is 10.1 Å². The van der Waals surface area contributed by atoms with Gasteiger partial charge in [0.1, 0.15) is 11.3 Å². The van der Waals surface area contributed by atoms with Crippen LogP contribution in [-0.2, 0) is 0 Å². The van der Waals surface area contributed by atoms with E-state index in [0.717, 1.165) is 0 Å². The minimum Gasteiger partial charge on any atom is -0.396 e. The Balaban J connectivity index is 3.17. The number of hydrogen-bond acceptors (Lipinski definition) is 5. The number of nitro benzene ring substituents is 1. The molecule has 110 valence electrons. The molecule has 0 fully saturated rings. The van der Waals surface area contributed by atoms with Gasteiger partial charge in [-0.2, -0.15) is 0 Å². The third-order valence-corrected chi connectivity index (χ3v) is 2.97. The number of para-hydroxylation sites is 1. The number of aliphatic hydroxyl groups excluding tert-OH is 1. The molecule has 0 spiro atoms. The molecular formula is C13H19N3O4. The second kappa shape index (κ2) is 7.44. The Kier molecular flexibility index (Phi) is 5.92. The van der Waals surface area contributed by atoms with E-state index in [1.54, 1.807) is 26.1 Å². The summed E-state index contributed by atoms with van der Waals surface area (Å²) in [6.07, 6.45) is 0.444. The van der Waals surface area contributed by atoms with Gasteiger partial charge in [-0.25, -0.2) is 0 Å². The number of rotatable bonds is 7. The normalized spacial score (nSPS) is 10.2. The van der Waals surface area contributed by atoms with Gasteiger partial charge in [-0.1, -0.05) is 6.07 Å². The van der Waals surface area contributed by atoms with E-state index in [2.05, 4.69) is 5.32 Å². The zero-order valence-corrected chi connectivity index (χ0v) is 11.6. The number of nitrogens with zero attached hydrogens (tertiary/aromatic N) is 2. The van der Waals surface area contributed by atoms with E-state index < -0.39 is 10.8 Å². The number of benzene rings is 1. The van der Waals surface area contributed by atoms with Crippen molar-refractivity contribution in [2.45, 2.75) is 13.3 Å². The molecule has 7 nitrogen and oxygen atoms in total. The average molecular weight is 281 g/mol. The Morgan fingerprint density at radius 1 is 1.50 bits per heavy atom. The lowest BCUT2D eigenvalue weighted by molar-refractivity contribution is -0.384. The van der Waals surface area contributed by atoms with E-state index in [-0.39, 0.29) is 17.9 Å². The predicted molar refractivity (Wildman–Crippen MR) is 75.9 cm³/mol. The number of carbonyl (C=O) groups is 1. The van der Waals surface area contributed by atoms with Crippen LogP contribution >= 0.6 is 0 Å². The Morgan fingerprint density at radius 3 is 2.70 bits per heavy atom. The SMILES string of the molecule is CCN(CCCO)C(=O)c1cccc(NC)c1[N+](=O)[O-]. The predicted octanol–water partition coefficient (Wildman–Crippen LogP) is 1.48. The van der Waals surface area contributed by atoms with Gasteiger partial charge in [0, 0.05) is 26.7 Å². The lowest BCUT2D eigenvalue weighted by Crippen LogP contribution is -2.32. The highest BCUT2D eigenvalue weighted by Crippen LogP contribution is 2.29. The molecule has 0 atom stereocenters. The Labute approximate surface area is 117 Å². The van der Waals surface area contributed by atoms with Crippen LogP contribution < -0.4 is 5.32 Å². The van der Waals surface area contributed by atoms with Crippen molar-refractivity contribution in [3.05, 3.63) is 33.9 Å². The first-order valence-electron chi connectivity index (χ1n) is 6.42. The molecule has 0 aromatic heterocycles. The highest BCUT2D eigenvalue weighted by Gasteiger charge is 2.26. The minimum absolute atomic E-state index is 0.0254. The number of nitro groups is 1. The van der Waals surface area contributed by atoms with Crippen LogP contribution in [0.15, 0.2) is 18.2 Å². The van der Waals surface area contributed by atoms with Gasteiger partial charge in [-0.3, -0.25) is 14.9 Å². The lowest BCUT2D eigenvalue weighted by atomic mass is 10.1. The molecule has 0 aliphatic carbocycles. The van der Waals surface area contributed by atoms with Crippen molar-refractivity contribution < 1.29 is 14.8 Å². The second-order valence-electron chi connectivity index (χ2n) is 4.17. The summed E-state index contributed by atoms with van der Waals surface area (Å²) < 4.78 is 0. The van der Waals surface area contributed by atoms with Crippen molar-refractivity contribution in [1.29, 1.82) is 0 Å². The molecule has 0 radical (unpaired) electrons. The average Bonchev–Trinajstić information content (AvgIpc) is 2.46. The monoisotopic (exact) mass is 281 g/mol. The summed E-state index contributed by atoms with van der Waals surface area (Å²) >= 11 is 0. The van der Waals surface area contributed by atoms with Crippen molar-refractivity contribution in [3.63, 3.8) is 0 Å². The standard InChI is InChI=1S/C13H19N3O4/c1-3-15(8-5-9-17)13(18)10-6-4-7-11(14-2)12(10)16(19)20/h4,6-7,14,17H,3,5,8-9H2,1-2H3. The van der Waals surface area contributed by atoms with Crippen LogP contribution in [0.4, 0.5) is 11.4 Å². The van der Waals surface area contributed by atoms with Gasteiger partial charge in [0.05, 0.1) is 4.92 Å². The van der Waals surface area contributed by atoms with Crippen LogP contribution in [0.2, 0.25) is 0 Å². The van der Waals surface area contributed by atoms with Crippen molar-refractivity contribution in [2.24, 2.45) is 0 Å². The molecular weight excluding hydrogens is 262 g/mol. The number of amides is 1. The summed E-state index contributed by atoms with van der Waals surface area (Å²) in [4.78, 5) is 24.5. The van der Waals surface area contributed by atoms with Gasteiger partial charge in [0.15, 0.2) is 0 Å². The van der Waals surface area contributed by atoms with Crippen molar-refractivity contribution >= 4 is 17.3 Å². The molecule has 0 aliphatic rings. The summed E-state index contributed by atoms with van der Waals surface area (Å²) in [5.41, 5.74) is 0.142. The molecule has 1 aromatic carbocycles. The smallest absolute Gasteiger partial charge is 0.305 e. The molecule has 0 unspecified atom stereocenters. The van der Waals surface area contributed by atoms with Gasteiger partial charge < -0.3 is 15.3 Å². The van der Waals surface area contributed by atoms with E-state index in [1.165, 1.54) is 11.0 Å². The third kappa shape index (κ3) is 3.45. The number of nitrogens with one attached hydrogen (secondary N) is 1. The largest absolute Gasteiger partial charge is 0.396 e. The van der Waals surface area contributed by atoms with Gasteiger partial charge >= 0.3 is 5.69 Å². The number of hydrogen-bond donors (Lipinski definition) is 2. The number of carbonyl (C=O) groups excluding carboxylic acids is 1. The Hall–Kier alpha value is -2.15. The molecule has 20 heavy (non-hydrogen) atoms. The molecule has 0 saturated carbocycles. The van der Waals surface area contributed by atoms with Crippen LogP contribution in [0.5, 0.6) is 0 Å². The molecule has 1 rings (SSSR count). The highest BCUT2D eigenvalue weighted by atomic mass is 16.6. The van der Waals surface area contributed by atoms with Crippen LogP contribution in [0.3, 0.4) is 0 Å². The van der Waals surface area contributed by atoms with Crippen LogP contribution in [0.25, 0.3) is 0 Å². The summed E-state index contributed by atoms with van der Waals surface area (Å²) in [7, 11) is 1.57. The van der Waals surface area contributed by atoms with E-state index in [1.807, 2.05) is 0 Å². The summed E-state index contributed by atoms with van der Waals surface area (Å²) in [6.45, 7) is 2.57. The maximum atomic E-state index is 12.4. The molecule has 2 N–H and O–H groups in total. The quantitative estimate of drug-likeness (QED) is 0.583. The molecule has 0 heterocycles. The zero-order valence-electron chi connectivity index (χ0n) is 11.6. The van der Waals surface area contributed by atoms with E-state index >= 15 is 0 Å². The topological polar surface area (TPSA) is 95.7 Å². The summed E-state index contributed by atoms with van der Waals surface area (Å²) in [5.74, 6) is -0.398. The van der Waals surface area contributed by atoms with E-state index in [0.29, 0.717) is 25.2 Å². The van der Waals surface area contributed by atoms with Gasteiger partial charge in [-0.05, 0) is 25.5 Å². The molecule has 1 aromatic rings. The molecule has 7 heteroatoms. The van der Waals surface area contributed by atoms with Crippen molar-refractivity contribution in [1.82, 2.24) is 4.90 Å². The van der Waals surface area contributed by atoms with Gasteiger partial charge in [-0.15, -0.1) is 0 Å². The minimum atomic E-state index is -0.557. The Morgan fingerprint density at radius 2 is 2.20 bits per heavy atom. The van der Waals surface area contributed by atoms with E-state index in [9.17, 15) is 14.9 Å². The number of anilines is 1. The van der Waals surface area contributed by atoms with Gasteiger partial charge in [0.2, 0.25) is 0 Å². The first-order valence-corrected chi connectivity index (χ1v) is 6.42. The lowest BCUT2D eigenvalue weighted by Gasteiger charge is -2.20. The van der Waals surface area contributed by atoms with Crippen LogP contribution in [-0.4, -0.2) is 47.6 Å². The van der Waals surface area contributed by atoms with E-state index in [4.69, 9.17) is 5.11 Å². The fraction of sp³-hybridized carbons (Fsp3) is 0.462. The molecule has 0 saturated heterocycles. The summed E-state index contributed by atoms with van der Waals surface area (Å²) in [6, 6.07) is 4.60. The fourth-order valence-corrected chi connectivity index (χ4v) is 1.95. The molecule has 0 aliphatic heterocycles. The first-order chi connectivity index (χ1) is 9.56. The number of aliphatic hydroxyl groups is 1. The maximum Gasteiger partial charge on any atom is 0.305 e. The fourth-order valence-electron chi connectivity index (χ4n) is 1.95. The second-order valence-corrected chi connectivity index (χ2v) is 4.17. The Bertz CT molecular complexity index is 491.